The zero-order valence-corrected chi connectivity index (χ0v) is 26.1. The van der Waals surface area contributed by atoms with E-state index in [1.165, 1.54) is 86.4 Å². The van der Waals surface area contributed by atoms with Gasteiger partial charge in [0.25, 0.3) is 0 Å². The second-order valence-electron chi connectivity index (χ2n) is 12.3. The topological polar surface area (TPSA) is 4.93 Å². The van der Waals surface area contributed by atoms with Crippen LogP contribution in [0.15, 0.2) is 127 Å². The average Bonchev–Trinajstić information content (AvgIpc) is 3.70. The van der Waals surface area contributed by atoms with E-state index < -0.39 is 5.41 Å². The molecule has 0 radical (unpaired) electrons. The molecule has 0 amide bonds. The lowest BCUT2D eigenvalue weighted by Crippen LogP contribution is -2.33. The van der Waals surface area contributed by atoms with Crippen LogP contribution in [0, 0.1) is 0 Å². The summed E-state index contributed by atoms with van der Waals surface area (Å²) in [6.07, 6.45) is 0. The van der Waals surface area contributed by atoms with Gasteiger partial charge in [-0.15, -0.1) is 11.3 Å². The summed E-state index contributed by atoms with van der Waals surface area (Å²) in [5, 5.41) is 8.87. The molecule has 0 saturated heterocycles. The van der Waals surface area contributed by atoms with Gasteiger partial charge in [0.15, 0.2) is 0 Å². The third kappa shape index (κ3) is 2.84. The first-order chi connectivity index (χ1) is 22.1. The molecule has 11 rings (SSSR count). The highest BCUT2D eigenvalue weighted by Crippen LogP contribution is 2.64. The highest BCUT2D eigenvalue weighted by molar-refractivity contribution is 7.26. The Morgan fingerprint density at radius 3 is 2.24 bits per heavy atom. The molecule has 0 bridgehead atoms. The summed E-state index contributed by atoms with van der Waals surface area (Å²) >= 11 is 16.2. The van der Waals surface area contributed by atoms with Gasteiger partial charge in [0.05, 0.1) is 27.2 Å². The monoisotopic (exact) mass is 629 g/mol. The number of para-hydroxylation sites is 3. The Morgan fingerprint density at radius 2 is 1.33 bits per heavy atom. The van der Waals surface area contributed by atoms with Crippen LogP contribution in [0.3, 0.4) is 0 Å². The van der Waals surface area contributed by atoms with Crippen LogP contribution in [0.25, 0.3) is 69.6 Å². The number of fused-ring (bicyclic) bond motifs is 17. The molecule has 1 atom stereocenters. The van der Waals surface area contributed by atoms with Crippen LogP contribution < -0.4 is 0 Å². The number of hydrogen-bond donors (Lipinski definition) is 0. The van der Waals surface area contributed by atoms with Crippen LogP contribution >= 0.6 is 34.5 Å². The summed E-state index contributed by atoms with van der Waals surface area (Å²) in [6, 6.07) is 46.4. The zero-order valence-electron chi connectivity index (χ0n) is 23.7. The molecule has 1 aliphatic heterocycles. The van der Waals surface area contributed by atoms with Gasteiger partial charge in [0.2, 0.25) is 0 Å². The van der Waals surface area contributed by atoms with Crippen LogP contribution in [0.1, 0.15) is 22.3 Å². The van der Waals surface area contributed by atoms with Crippen molar-refractivity contribution in [2.24, 2.45) is 0 Å². The molecule has 2 aliphatic rings. The Balaban J connectivity index is 1.39. The van der Waals surface area contributed by atoms with Gasteiger partial charge >= 0.3 is 0 Å². The summed E-state index contributed by atoms with van der Waals surface area (Å²) in [4.78, 5) is 0. The molecule has 45 heavy (non-hydrogen) atoms. The van der Waals surface area contributed by atoms with Gasteiger partial charge < -0.3 is 4.57 Å². The van der Waals surface area contributed by atoms with Crippen molar-refractivity contribution in [1.82, 2.24) is 4.57 Å². The van der Waals surface area contributed by atoms with E-state index in [-0.39, 0.29) is 0 Å². The summed E-state index contributed by atoms with van der Waals surface area (Å²) in [7, 11) is 0. The molecule has 2 aromatic heterocycles. The van der Waals surface area contributed by atoms with E-state index in [9.17, 15) is 0 Å². The molecule has 1 unspecified atom stereocenters. The van der Waals surface area contributed by atoms with Gasteiger partial charge in [0.1, 0.15) is 0 Å². The number of rotatable bonds is 0. The molecule has 1 nitrogen and oxygen atoms in total. The first-order valence-electron chi connectivity index (χ1n) is 15.2. The molecule has 0 N–H and O–H groups in total. The molecule has 210 valence electrons. The first-order valence-corrected chi connectivity index (χ1v) is 16.7. The van der Waals surface area contributed by atoms with E-state index >= 15 is 0 Å². The lowest BCUT2D eigenvalue weighted by Gasteiger charge is -2.39. The Bertz CT molecular complexity index is 2800. The van der Waals surface area contributed by atoms with E-state index in [2.05, 4.69) is 126 Å². The molecule has 0 fully saturated rings. The Hall–Kier alpha value is -4.60. The van der Waals surface area contributed by atoms with Gasteiger partial charge in [-0.3, -0.25) is 0 Å². The van der Waals surface area contributed by atoms with Crippen LogP contribution in [0.5, 0.6) is 0 Å². The van der Waals surface area contributed by atoms with Gasteiger partial charge in [-0.1, -0.05) is 108 Å². The molecule has 9 aromatic rings. The number of halogens is 2. The van der Waals surface area contributed by atoms with Crippen molar-refractivity contribution in [3.8, 4) is 16.8 Å². The molecule has 3 heterocycles. The minimum atomic E-state index is -0.589. The predicted octanol–water partition coefficient (Wildman–Crippen LogP) is 12.3. The fraction of sp³-hybridized carbons (Fsp3) is 0.0244. The second-order valence-corrected chi connectivity index (χ2v) is 14.2. The lowest BCUT2D eigenvalue weighted by molar-refractivity contribution is 0.749. The molecule has 1 aliphatic carbocycles. The highest BCUT2D eigenvalue weighted by Gasteiger charge is 2.52. The SMILES string of the molecule is Clc1ccc2c(c1)C1(c3ccccc3-n3c4ccccc4c4cccc1c43)c1cc(Cl)c3c(sc4cc5ccccc5cc43)c1-2. The minimum absolute atomic E-state index is 0.589. The van der Waals surface area contributed by atoms with E-state index in [1.54, 1.807) is 0 Å². The van der Waals surface area contributed by atoms with Crippen molar-refractivity contribution in [2.75, 3.05) is 0 Å². The number of hydrogen-bond acceptors (Lipinski definition) is 1. The Kier molecular flexibility index (Phi) is 4.58. The van der Waals surface area contributed by atoms with Gasteiger partial charge in [-0.2, -0.15) is 0 Å². The van der Waals surface area contributed by atoms with E-state index in [0.29, 0.717) is 0 Å². The largest absolute Gasteiger partial charge is 0.309 e. The quantitative estimate of drug-likeness (QED) is 0.157. The summed E-state index contributed by atoms with van der Waals surface area (Å²) in [6.45, 7) is 0. The number of aromatic nitrogens is 1. The van der Waals surface area contributed by atoms with Gasteiger partial charge in [0, 0.05) is 41.5 Å². The summed E-state index contributed by atoms with van der Waals surface area (Å²) < 4.78 is 4.95. The Morgan fingerprint density at radius 1 is 0.578 bits per heavy atom. The molecular formula is C41H21Cl2NS. The minimum Gasteiger partial charge on any atom is -0.309 e. The molecule has 4 heteroatoms. The van der Waals surface area contributed by atoms with Crippen molar-refractivity contribution in [2.45, 2.75) is 5.41 Å². The maximum absolute atomic E-state index is 7.46. The van der Waals surface area contributed by atoms with Gasteiger partial charge in [-0.25, -0.2) is 0 Å². The highest BCUT2D eigenvalue weighted by atomic mass is 35.5. The van der Waals surface area contributed by atoms with Crippen LogP contribution in [-0.2, 0) is 5.41 Å². The fourth-order valence-electron chi connectivity index (χ4n) is 8.62. The molecular weight excluding hydrogens is 609 g/mol. The molecule has 7 aromatic carbocycles. The fourth-order valence-corrected chi connectivity index (χ4v) is 10.5. The number of benzene rings is 7. The van der Waals surface area contributed by atoms with Crippen molar-refractivity contribution in [3.63, 3.8) is 0 Å². The van der Waals surface area contributed by atoms with Gasteiger partial charge in [-0.05, 0) is 81.1 Å². The summed E-state index contributed by atoms with van der Waals surface area (Å²) in [5.41, 5.74) is 10.5. The standard InChI is InChI=1S/C41H21Cl2NS/c42-24-16-17-27-31(20-24)41(32-21-33(43)38-28-18-22-8-1-2-9-23(22)19-36(28)45-40(38)37(27)32)29-12-4-6-15-35(29)44-34-14-5-3-10-25(34)26-11-7-13-30(41)39(26)44/h1-21H. The van der Waals surface area contributed by atoms with E-state index in [4.69, 9.17) is 23.2 Å². The van der Waals surface area contributed by atoms with E-state index in [0.717, 1.165) is 15.4 Å². The third-order valence-corrected chi connectivity index (χ3v) is 12.0. The normalized spacial score (nSPS) is 16.3. The van der Waals surface area contributed by atoms with Crippen molar-refractivity contribution < 1.29 is 0 Å². The van der Waals surface area contributed by atoms with Crippen molar-refractivity contribution in [1.29, 1.82) is 0 Å². The average molecular weight is 631 g/mol. The predicted molar refractivity (Wildman–Crippen MR) is 192 cm³/mol. The molecule has 1 spiro atoms. The maximum Gasteiger partial charge on any atom is 0.0756 e. The first kappa shape index (κ1) is 24.7. The van der Waals surface area contributed by atoms with Crippen molar-refractivity contribution in [3.05, 3.63) is 160 Å². The van der Waals surface area contributed by atoms with Crippen molar-refractivity contribution >= 4 is 87.3 Å². The zero-order chi connectivity index (χ0) is 29.6. The second kappa shape index (κ2) is 8.35. The number of nitrogens with zero attached hydrogens (tertiary/aromatic N) is 1. The lowest BCUT2D eigenvalue weighted by atomic mass is 9.65. The number of thiophene rings is 1. The van der Waals surface area contributed by atoms with Crippen LogP contribution in [0.2, 0.25) is 10.0 Å². The maximum atomic E-state index is 7.46. The third-order valence-electron chi connectivity index (χ3n) is 10.3. The smallest absolute Gasteiger partial charge is 0.0756 e. The molecule has 0 saturated carbocycles. The van der Waals surface area contributed by atoms with E-state index in [1.807, 2.05) is 17.4 Å². The summed E-state index contributed by atoms with van der Waals surface area (Å²) in [5.74, 6) is 0. The van der Waals surface area contributed by atoms with Crippen LogP contribution in [0.4, 0.5) is 0 Å². The van der Waals surface area contributed by atoms with Crippen LogP contribution in [-0.4, -0.2) is 4.57 Å². The Labute approximate surface area is 272 Å².